The van der Waals surface area contributed by atoms with E-state index >= 15 is 0 Å². The van der Waals surface area contributed by atoms with E-state index in [0.29, 0.717) is 0 Å². The molecule has 1 aromatic heterocycles. The van der Waals surface area contributed by atoms with Crippen molar-refractivity contribution in [2.24, 2.45) is 5.92 Å². The van der Waals surface area contributed by atoms with Crippen LogP contribution in [0.25, 0.3) is 0 Å². The van der Waals surface area contributed by atoms with Crippen molar-refractivity contribution < 1.29 is 0 Å². The lowest BCUT2D eigenvalue weighted by Crippen LogP contribution is -2.35. The highest BCUT2D eigenvalue weighted by atomic mass is 79.9. The lowest BCUT2D eigenvalue weighted by atomic mass is 10.0. The molecule has 0 radical (unpaired) electrons. The van der Waals surface area contributed by atoms with Gasteiger partial charge >= 0.3 is 0 Å². The Balaban J connectivity index is 1.83. The summed E-state index contributed by atoms with van der Waals surface area (Å²) < 4.78 is 1.12. The van der Waals surface area contributed by atoms with Crippen LogP contribution in [0, 0.1) is 19.8 Å². The number of rotatable bonds is 3. The molecule has 1 unspecified atom stereocenters. The molecule has 1 atom stereocenters. The Labute approximate surface area is 146 Å². The van der Waals surface area contributed by atoms with Gasteiger partial charge in [0.05, 0.1) is 0 Å². The van der Waals surface area contributed by atoms with Crippen LogP contribution in [0.1, 0.15) is 31.2 Å². The number of hydrogen-bond donors (Lipinski definition) is 1. The number of nitrogens with one attached hydrogen (secondary N) is 1. The highest BCUT2D eigenvalue weighted by Crippen LogP contribution is 2.26. The molecule has 2 aromatic rings. The molecule has 1 saturated heterocycles. The number of anilines is 3. The minimum atomic E-state index is 0.726. The fraction of sp³-hybridized carbons (Fsp3) is 0.444. The summed E-state index contributed by atoms with van der Waals surface area (Å²) in [4.78, 5) is 11.5. The van der Waals surface area contributed by atoms with Crippen LogP contribution in [-0.4, -0.2) is 23.1 Å². The molecule has 2 heterocycles. The molecule has 4 nitrogen and oxygen atoms in total. The van der Waals surface area contributed by atoms with Crippen molar-refractivity contribution in [3.8, 4) is 0 Å². The van der Waals surface area contributed by atoms with E-state index in [1.807, 2.05) is 6.92 Å². The second-order valence-electron chi connectivity index (χ2n) is 6.44. The average molecular weight is 375 g/mol. The molecule has 1 fully saturated rings. The van der Waals surface area contributed by atoms with E-state index in [0.717, 1.165) is 46.6 Å². The summed E-state index contributed by atoms with van der Waals surface area (Å²) in [7, 11) is 0. The van der Waals surface area contributed by atoms with Crippen molar-refractivity contribution in [2.75, 3.05) is 23.3 Å². The van der Waals surface area contributed by atoms with Crippen molar-refractivity contribution in [3.05, 3.63) is 40.1 Å². The van der Waals surface area contributed by atoms with E-state index in [1.54, 1.807) is 0 Å². The van der Waals surface area contributed by atoms with Crippen molar-refractivity contribution >= 4 is 33.3 Å². The van der Waals surface area contributed by atoms with Crippen LogP contribution < -0.4 is 10.2 Å². The van der Waals surface area contributed by atoms with Crippen LogP contribution in [-0.2, 0) is 0 Å². The number of nitrogens with zero attached hydrogens (tertiary/aromatic N) is 3. The summed E-state index contributed by atoms with van der Waals surface area (Å²) in [6.45, 7) is 8.50. The third-order valence-electron chi connectivity index (χ3n) is 4.24. The molecule has 1 aliphatic heterocycles. The van der Waals surface area contributed by atoms with Gasteiger partial charge in [0.15, 0.2) is 0 Å². The zero-order valence-corrected chi connectivity index (χ0v) is 15.5. The molecule has 122 valence electrons. The molecule has 0 bridgehead atoms. The first-order valence-corrected chi connectivity index (χ1v) is 8.94. The number of aromatic nitrogens is 2. The molecule has 0 saturated carbocycles. The molecule has 23 heavy (non-hydrogen) atoms. The number of piperidine rings is 1. The SMILES string of the molecule is Cc1nc(Nc2ccc(Br)c(C)c2)cc(N2CCCC(C)C2)n1. The van der Waals surface area contributed by atoms with Crippen molar-refractivity contribution in [2.45, 2.75) is 33.6 Å². The molecular formula is C18H23BrN4. The van der Waals surface area contributed by atoms with Crippen LogP contribution in [0.3, 0.4) is 0 Å². The normalized spacial score (nSPS) is 18.1. The van der Waals surface area contributed by atoms with Gasteiger partial charge in [0.1, 0.15) is 17.5 Å². The van der Waals surface area contributed by atoms with Gasteiger partial charge in [-0.05, 0) is 56.4 Å². The third-order valence-corrected chi connectivity index (χ3v) is 5.13. The van der Waals surface area contributed by atoms with Gasteiger partial charge in [-0.1, -0.05) is 22.9 Å². The Morgan fingerprint density at radius 2 is 2.04 bits per heavy atom. The Morgan fingerprint density at radius 1 is 1.22 bits per heavy atom. The Hall–Kier alpha value is -1.62. The average Bonchev–Trinajstić information content (AvgIpc) is 2.50. The number of hydrogen-bond acceptors (Lipinski definition) is 4. The van der Waals surface area contributed by atoms with E-state index in [2.05, 4.69) is 74.2 Å². The predicted molar refractivity (Wildman–Crippen MR) is 99.5 cm³/mol. The Morgan fingerprint density at radius 3 is 2.78 bits per heavy atom. The minimum Gasteiger partial charge on any atom is -0.356 e. The van der Waals surface area contributed by atoms with Crippen LogP contribution in [0.4, 0.5) is 17.3 Å². The third kappa shape index (κ3) is 4.02. The van der Waals surface area contributed by atoms with Crippen molar-refractivity contribution in [3.63, 3.8) is 0 Å². The lowest BCUT2D eigenvalue weighted by molar-refractivity contribution is 0.444. The molecule has 0 spiro atoms. The largest absolute Gasteiger partial charge is 0.356 e. The minimum absolute atomic E-state index is 0.726. The quantitative estimate of drug-likeness (QED) is 0.834. The van der Waals surface area contributed by atoms with Gasteiger partial charge < -0.3 is 10.2 Å². The van der Waals surface area contributed by atoms with Crippen LogP contribution in [0.2, 0.25) is 0 Å². The van der Waals surface area contributed by atoms with Crippen LogP contribution in [0.15, 0.2) is 28.7 Å². The van der Waals surface area contributed by atoms with E-state index < -0.39 is 0 Å². The van der Waals surface area contributed by atoms with Crippen LogP contribution in [0.5, 0.6) is 0 Å². The van der Waals surface area contributed by atoms with Crippen molar-refractivity contribution in [1.82, 2.24) is 9.97 Å². The molecule has 5 heteroatoms. The fourth-order valence-electron chi connectivity index (χ4n) is 3.05. The first kappa shape index (κ1) is 16.2. The first-order valence-electron chi connectivity index (χ1n) is 8.15. The molecule has 3 rings (SSSR count). The molecule has 0 aliphatic carbocycles. The topological polar surface area (TPSA) is 41.1 Å². The Kier molecular flexibility index (Phi) is 4.85. The van der Waals surface area contributed by atoms with Crippen molar-refractivity contribution in [1.29, 1.82) is 0 Å². The van der Waals surface area contributed by atoms with E-state index in [9.17, 15) is 0 Å². The maximum atomic E-state index is 4.63. The molecule has 1 aromatic carbocycles. The van der Waals surface area contributed by atoms with Gasteiger partial charge in [-0.25, -0.2) is 9.97 Å². The smallest absolute Gasteiger partial charge is 0.136 e. The molecule has 1 N–H and O–H groups in total. The number of aryl methyl sites for hydroxylation is 2. The summed E-state index contributed by atoms with van der Waals surface area (Å²) >= 11 is 3.54. The van der Waals surface area contributed by atoms with Gasteiger partial charge in [-0.15, -0.1) is 0 Å². The molecule has 0 amide bonds. The Bertz CT molecular complexity index is 701. The van der Waals surface area contributed by atoms with Gasteiger partial charge in [0, 0.05) is 29.3 Å². The van der Waals surface area contributed by atoms with E-state index in [1.165, 1.54) is 18.4 Å². The van der Waals surface area contributed by atoms with Gasteiger partial charge in [0.2, 0.25) is 0 Å². The van der Waals surface area contributed by atoms with Gasteiger partial charge in [-0.3, -0.25) is 0 Å². The number of halogens is 1. The maximum Gasteiger partial charge on any atom is 0.136 e. The van der Waals surface area contributed by atoms with Gasteiger partial charge in [-0.2, -0.15) is 0 Å². The van der Waals surface area contributed by atoms with Gasteiger partial charge in [0.25, 0.3) is 0 Å². The summed E-state index contributed by atoms with van der Waals surface area (Å²) in [5.74, 6) is 3.41. The standard InChI is InChI=1S/C18H23BrN4/c1-12-5-4-8-23(11-12)18-10-17(20-14(3)21-18)22-15-6-7-16(19)13(2)9-15/h6-7,9-10,12H,4-5,8,11H2,1-3H3,(H,20,21,22). The highest BCUT2D eigenvalue weighted by molar-refractivity contribution is 9.10. The lowest BCUT2D eigenvalue weighted by Gasteiger charge is -2.32. The molecular weight excluding hydrogens is 352 g/mol. The van der Waals surface area contributed by atoms with E-state index in [-0.39, 0.29) is 0 Å². The molecule has 1 aliphatic rings. The summed E-state index contributed by atoms with van der Waals surface area (Å²) in [5, 5.41) is 3.40. The monoisotopic (exact) mass is 374 g/mol. The first-order chi connectivity index (χ1) is 11.0. The van der Waals surface area contributed by atoms with Crippen LogP contribution >= 0.6 is 15.9 Å². The number of benzene rings is 1. The predicted octanol–water partition coefficient (Wildman–Crippen LogP) is 4.84. The second kappa shape index (κ2) is 6.87. The highest BCUT2D eigenvalue weighted by Gasteiger charge is 2.18. The summed E-state index contributed by atoms with van der Waals surface area (Å²) in [6.07, 6.45) is 2.54. The second-order valence-corrected chi connectivity index (χ2v) is 7.30. The zero-order valence-electron chi connectivity index (χ0n) is 13.9. The zero-order chi connectivity index (χ0) is 16.4. The van der Waals surface area contributed by atoms with E-state index in [4.69, 9.17) is 0 Å². The summed E-state index contributed by atoms with van der Waals surface area (Å²) in [6, 6.07) is 8.28. The fourth-order valence-corrected chi connectivity index (χ4v) is 3.29. The maximum absolute atomic E-state index is 4.63. The summed E-state index contributed by atoms with van der Waals surface area (Å²) in [5.41, 5.74) is 2.24.